The van der Waals surface area contributed by atoms with Gasteiger partial charge in [0.1, 0.15) is 17.1 Å². The molecule has 0 aliphatic rings. The second-order valence-corrected chi connectivity index (χ2v) is 2.50. The van der Waals surface area contributed by atoms with Gasteiger partial charge < -0.3 is 10.5 Å². The molecule has 1 aromatic rings. The van der Waals surface area contributed by atoms with Gasteiger partial charge in [0.25, 0.3) is 0 Å². The molecule has 0 spiro atoms. The van der Waals surface area contributed by atoms with E-state index < -0.39 is 11.7 Å². The Morgan fingerprint density at radius 1 is 1.47 bits per heavy atom. The highest BCUT2D eigenvalue weighted by molar-refractivity contribution is 5.90. The summed E-state index contributed by atoms with van der Waals surface area (Å²) in [6.07, 6.45) is 0. The lowest BCUT2D eigenvalue weighted by Gasteiger charge is -2.05. The monoisotopic (exact) mass is 215 g/mol. The van der Waals surface area contributed by atoms with Crippen molar-refractivity contribution in [1.29, 1.82) is 0 Å². The average Bonchev–Trinajstić information content (AvgIpc) is 2.24. The predicted molar refractivity (Wildman–Crippen MR) is 55.9 cm³/mol. The largest absolute Gasteiger partial charge is 0.496 e. The lowest BCUT2D eigenvalue weighted by Crippen LogP contribution is -2.56. The number of rotatable bonds is 2. The van der Waals surface area contributed by atoms with Gasteiger partial charge >= 0.3 is 5.91 Å². The predicted octanol–water partition coefficient (Wildman–Crippen LogP) is 0.825. The van der Waals surface area contributed by atoms with Crippen LogP contribution in [0.5, 0.6) is 5.75 Å². The summed E-state index contributed by atoms with van der Waals surface area (Å²) in [4.78, 5) is 10.9. The van der Waals surface area contributed by atoms with Gasteiger partial charge in [0.15, 0.2) is 0 Å². The zero-order valence-electron chi connectivity index (χ0n) is 9.13. The van der Waals surface area contributed by atoms with Crippen LogP contribution < -0.4 is 16.2 Å². The molecule has 1 rings (SSSR count). The molecule has 0 unspecified atom stereocenters. The lowest BCUT2D eigenvalue weighted by atomic mass is 10.1. The van der Waals surface area contributed by atoms with Crippen molar-refractivity contribution in [2.24, 2.45) is 0 Å². The van der Waals surface area contributed by atoms with E-state index in [0.29, 0.717) is 0 Å². The molecule has 5 heteroatoms. The van der Waals surface area contributed by atoms with E-state index in [9.17, 15) is 9.18 Å². The maximum atomic E-state index is 12.9. The molecule has 0 aromatic heterocycles. The van der Waals surface area contributed by atoms with Crippen LogP contribution in [0.2, 0.25) is 0 Å². The molecular formula is C10H16FN2O2+. The van der Waals surface area contributed by atoms with Gasteiger partial charge in [-0.3, -0.25) is 5.73 Å². The van der Waals surface area contributed by atoms with Crippen LogP contribution in [0.3, 0.4) is 0 Å². The second-order valence-electron chi connectivity index (χ2n) is 2.50. The molecule has 0 radical (unpaired) electrons. The summed E-state index contributed by atoms with van der Waals surface area (Å²) in [5, 5.41) is 0. The Hall–Kier alpha value is -1.62. The van der Waals surface area contributed by atoms with Crippen molar-refractivity contribution in [3.8, 4) is 5.75 Å². The minimum atomic E-state index is -0.609. The SMILES string of the molecule is CC.COc1cc(F)c(N)cc1C([NH3+])=O. The molecule has 0 aliphatic carbocycles. The first-order chi connectivity index (χ1) is 7.06. The maximum Gasteiger partial charge on any atom is 0.344 e. The van der Waals surface area contributed by atoms with Crippen LogP contribution in [0, 0.1) is 5.82 Å². The van der Waals surface area contributed by atoms with Crippen molar-refractivity contribution in [2.75, 3.05) is 12.8 Å². The molecule has 4 nitrogen and oxygen atoms in total. The number of benzene rings is 1. The number of hydrogen-bond acceptors (Lipinski definition) is 3. The van der Waals surface area contributed by atoms with Gasteiger partial charge in [-0.1, -0.05) is 13.8 Å². The Bertz CT molecular complexity index is 354. The minimum absolute atomic E-state index is 0.0900. The number of carbonyl (C=O) groups is 1. The number of anilines is 1. The van der Waals surface area contributed by atoms with Crippen LogP contribution >= 0.6 is 0 Å². The van der Waals surface area contributed by atoms with E-state index in [2.05, 4.69) is 5.73 Å². The molecule has 0 fully saturated rings. The molecule has 0 heterocycles. The van der Waals surface area contributed by atoms with Crippen LogP contribution in [0.4, 0.5) is 10.1 Å². The van der Waals surface area contributed by atoms with E-state index in [1.165, 1.54) is 13.2 Å². The number of carbonyl (C=O) groups excluding carboxylic acids is 1. The standard InChI is InChI=1S/C8H9FN2O2.C2H6/c1-13-7-3-5(9)6(10)2-4(7)8(11)12;1-2/h2-3H,10H2,1H3,(H2,11,12);1-2H3/p+1. The molecule has 0 atom stereocenters. The first kappa shape index (κ1) is 13.4. The Morgan fingerprint density at radius 3 is 2.40 bits per heavy atom. The van der Waals surface area contributed by atoms with Crippen molar-refractivity contribution in [2.45, 2.75) is 13.8 Å². The number of halogens is 1. The summed E-state index contributed by atoms with van der Waals surface area (Å²) in [7, 11) is 1.34. The van der Waals surface area contributed by atoms with Crippen molar-refractivity contribution < 1.29 is 19.7 Å². The lowest BCUT2D eigenvalue weighted by molar-refractivity contribution is -0.255. The van der Waals surface area contributed by atoms with Crippen LogP contribution in [-0.2, 0) is 0 Å². The number of amides is 1. The number of nitrogen functional groups attached to an aromatic ring is 1. The highest BCUT2D eigenvalue weighted by Crippen LogP contribution is 2.23. The number of quaternary nitrogens is 1. The van der Waals surface area contributed by atoms with Gasteiger partial charge in [-0.05, 0) is 6.07 Å². The van der Waals surface area contributed by atoms with E-state index in [0.717, 1.165) is 6.07 Å². The molecule has 15 heavy (non-hydrogen) atoms. The summed E-state index contributed by atoms with van der Waals surface area (Å²) >= 11 is 0. The Balaban J connectivity index is 0.000000921. The fourth-order valence-corrected chi connectivity index (χ4v) is 0.959. The molecule has 0 saturated carbocycles. The van der Waals surface area contributed by atoms with E-state index in [1.807, 2.05) is 13.8 Å². The van der Waals surface area contributed by atoms with Crippen molar-refractivity contribution in [3.63, 3.8) is 0 Å². The number of methoxy groups -OCH3 is 1. The summed E-state index contributed by atoms with van der Waals surface area (Å²) in [6, 6.07) is 2.28. The van der Waals surface area contributed by atoms with Gasteiger partial charge in [0, 0.05) is 6.07 Å². The second kappa shape index (κ2) is 5.98. The fourth-order valence-electron chi connectivity index (χ4n) is 0.959. The molecule has 0 bridgehead atoms. The maximum absolute atomic E-state index is 12.9. The molecular weight excluding hydrogens is 199 g/mol. The zero-order chi connectivity index (χ0) is 12.0. The van der Waals surface area contributed by atoms with E-state index in [-0.39, 0.29) is 17.0 Å². The average molecular weight is 215 g/mol. The third kappa shape index (κ3) is 3.21. The summed E-state index contributed by atoms with van der Waals surface area (Å²) in [5.74, 6) is -0.919. The van der Waals surface area contributed by atoms with Crippen LogP contribution in [0.1, 0.15) is 24.2 Å². The Labute approximate surface area is 88.0 Å². The molecule has 5 N–H and O–H groups in total. The minimum Gasteiger partial charge on any atom is -0.496 e. The zero-order valence-corrected chi connectivity index (χ0v) is 9.13. The fraction of sp³-hybridized carbons (Fsp3) is 0.300. The summed E-state index contributed by atoms with van der Waals surface area (Å²) in [6.45, 7) is 4.00. The quantitative estimate of drug-likeness (QED) is 0.717. The van der Waals surface area contributed by atoms with E-state index in [1.54, 1.807) is 0 Å². The number of nitrogens with two attached hydrogens (primary N) is 1. The van der Waals surface area contributed by atoms with Crippen LogP contribution in [-0.4, -0.2) is 13.0 Å². The van der Waals surface area contributed by atoms with Gasteiger partial charge in [-0.15, -0.1) is 0 Å². The Kier molecular flexibility index (Phi) is 5.33. The van der Waals surface area contributed by atoms with Crippen molar-refractivity contribution in [3.05, 3.63) is 23.5 Å². The van der Waals surface area contributed by atoms with E-state index in [4.69, 9.17) is 10.5 Å². The first-order valence-corrected chi connectivity index (χ1v) is 4.55. The van der Waals surface area contributed by atoms with Gasteiger partial charge in [-0.25, -0.2) is 9.18 Å². The summed E-state index contributed by atoms with van der Waals surface area (Å²) < 4.78 is 17.7. The van der Waals surface area contributed by atoms with Crippen LogP contribution in [0.25, 0.3) is 0 Å². The third-order valence-electron chi connectivity index (χ3n) is 1.62. The normalized spacial score (nSPS) is 8.87. The topological polar surface area (TPSA) is 80.0 Å². The highest BCUT2D eigenvalue weighted by Gasteiger charge is 2.14. The Morgan fingerprint density at radius 2 is 2.00 bits per heavy atom. The smallest absolute Gasteiger partial charge is 0.344 e. The third-order valence-corrected chi connectivity index (χ3v) is 1.62. The van der Waals surface area contributed by atoms with Gasteiger partial charge in [0.2, 0.25) is 0 Å². The molecule has 0 aliphatic heterocycles. The first-order valence-electron chi connectivity index (χ1n) is 4.55. The van der Waals surface area contributed by atoms with E-state index >= 15 is 0 Å². The molecule has 1 aromatic carbocycles. The number of ether oxygens (including phenoxy) is 1. The van der Waals surface area contributed by atoms with Crippen LogP contribution in [0.15, 0.2) is 12.1 Å². The molecule has 0 saturated heterocycles. The highest BCUT2D eigenvalue weighted by atomic mass is 19.1. The van der Waals surface area contributed by atoms with Crippen molar-refractivity contribution >= 4 is 11.6 Å². The van der Waals surface area contributed by atoms with Gasteiger partial charge in [0.05, 0.1) is 12.8 Å². The van der Waals surface area contributed by atoms with Crippen molar-refractivity contribution in [1.82, 2.24) is 0 Å². The summed E-state index contributed by atoms with van der Waals surface area (Å²) in [5.41, 5.74) is 8.55. The molecule has 1 amide bonds. The number of hydrogen-bond donors (Lipinski definition) is 2. The van der Waals surface area contributed by atoms with Gasteiger partial charge in [-0.2, -0.15) is 0 Å². The molecule has 84 valence electrons.